The summed E-state index contributed by atoms with van der Waals surface area (Å²) in [7, 11) is 1.73. The Morgan fingerprint density at radius 3 is 2.44 bits per heavy atom. The fraction of sp³-hybridized carbons (Fsp3) is 0.364. The standard InChI is InChI=1S/C33H39N3O3/c1-4-6-19-35(22-25-17-18-30-31(21-25)39-24-38-30)23-28-32(27-15-11-12-16-29(27)37-3)34-33(36(28)20-7-5-2)26-13-9-8-10-14-26/h8-18,21H,4-7,19-20,22-24H2,1-3H3. The van der Waals surface area contributed by atoms with E-state index in [0.717, 1.165) is 91.8 Å². The zero-order valence-corrected chi connectivity index (χ0v) is 23.4. The molecule has 39 heavy (non-hydrogen) atoms. The van der Waals surface area contributed by atoms with E-state index in [2.05, 4.69) is 77.9 Å². The van der Waals surface area contributed by atoms with Crippen molar-refractivity contribution in [3.05, 3.63) is 84.1 Å². The van der Waals surface area contributed by atoms with Crippen LogP contribution < -0.4 is 14.2 Å². The summed E-state index contributed by atoms with van der Waals surface area (Å²) in [6, 6.07) is 25.1. The molecule has 0 unspecified atom stereocenters. The van der Waals surface area contributed by atoms with Crippen molar-refractivity contribution < 1.29 is 14.2 Å². The first-order valence-corrected chi connectivity index (χ1v) is 14.1. The van der Waals surface area contributed by atoms with E-state index in [1.54, 1.807) is 7.11 Å². The van der Waals surface area contributed by atoms with Crippen LogP contribution in [0.15, 0.2) is 72.8 Å². The zero-order chi connectivity index (χ0) is 27.0. The number of para-hydroxylation sites is 1. The van der Waals surface area contributed by atoms with Gasteiger partial charge in [0.2, 0.25) is 6.79 Å². The molecule has 1 aliphatic rings. The van der Waals surface area contributed by atoms with Crippen LogP contribution in [-0.2, 0) is 19.6 Å². The highest BCUT2D eigenvalue weighted by Gasteiger charge is 2.24. The lowest BCUT2D eigenvalue weighted by molar-refractivity contribution is 0.174. The quantitative estimate of drug-likeness (QED) is 0.180. The number of nitrogens with zero attached hydrogens (tertiary/aromatic N) is 3. The molecule has 6 heteroatoms. The number of rotatable bonds is 13. The average molecular weight is 526 g/mol. The van der Waals surface area contributed by atoms with Crippen LogP contribution in [0.25, 0.3) is 22.6 Å². The van der Waals surface area contributed by atoms with Gasteiger partial charge in [0.25, 0.3) is 0 Å². The minimum atomic E-state index is 0.291. The number of imidazole rings is 1. The van der Waals surface area contributed by atoms with E-state index >= 15 is 0 Å². The monoisotopic (exact) mass is 525 g/mol. The van der Waals surface area contributed by atoms with Crippen molar-refractivity contribution in [1.29, 1.82) is 0 Å². The Morgan fingerprint density at radius 2 is 1.64 bits per heavy atom. The van der Waals surface area contributed by atoms with Crippen LogP contribution in [0.1, 0.15) is 50.8 Å². The minimum Gasteiger partial charge on any atom is -0.496 e. The number of hydrogen-bond donors (Lipinski definition) is 0. The van der Waals surface area contributed by atoms with Gasteiger partial charge >= 0.3 is 0 Å². The van der Waals surface area contributed by atoms with Crippen molar-refractivity contribution in [3.63, 3.8) is 0 Å². The van der Waals surface area contributed by atoms with Gasteiger partial charge in [0.15, 0.2) is 11.5 Å². The largest absolute Gasteiger partial charge is 0.496 e. The van der Waals surface area contributed by atoms with Crippen molar-refractivity contribution in [3.8, 4) is 39.9 Å². The number of methoxy groups -OCH3 is 1. The molecule has 1 aliphatic heterocycles. The second-order valence-electron chi connectivity index (χ2n) is 10.1. The lowest BCUT2D eigenvalue weighted by atomic mass is 10.1. The molecule has 0 spiro atoms. The van der Waals surface area contributed by atoms with Gasteiger partial charge in [-0.25, -0.2) is 4.98 Å². The van der Waals surface area contributed by atoms with E-state index in [0.29, 0.717) is 6.79 Å². The van der Waals surface area contributed by atoms with Gasteiger partial charge in [-0.05, 0) is 49.2 Å². The predicted octanol–water partition coefficient (Wildman–Crippen LogP) is 7.56. The Balaban J connectivity index is 1.59. The smallest absolute Gasteiger partial charge is 0.231 e. The van der Waals surface area contributed by atoms with Crippen LogP contribution in [0.3, 0.4) is 0 Å². The van der Waals surface area contributed by atoms with Crippen LogP contribution in [0.4, 0.5) is 0 Å². The Labute approximate surface area is 232 Å². The summed E-state index contributed by atoms with van der Waals surface area (Å²) in [5.41, 5.74) is 5.60. The maximum absolute atomic E-state index is 5.81. The molecule has 4 aromatic rings. The summed E-state index contributed by atoms with van der Waals surface area (Å²) in [6.07, 6.45) is 4.48. The summed E-state index contributed by atoms with van der Waals surface area (Å²) >= 11 is 0. The molecule has 0 saturated carbocycles. The van der Waals surface area contributed by atoms with Gasteiger partial charge in [0.1, 0.15) is 11.6 Å². The van der Waals surface area contributed by atoms with Crippen molar-refractivity contribution in [2.24, 2.45) is 0 Å². The molecule has 0 atom stereocenters. The number of fused-ring (bicyclic) bond motifs is 1. The first-order valence-electron chi connectivity index (χ1n) is 14.1. The third kappa shape index (κ3) is 6.12. The minimum absolute atomic E-state index is 0.291. The molecule has 3 aromatic carbocycles. The molecule has 0 bridgehead atoms. The molecule has 5 rings (SSSR count). The van der Waals surface area contributed by atoms with Gasteiger partial charge < -0.3 is 18.8 Å². The first-order chi connectivity index (χ1) is 19.2. The van der Waals surface area contributed by atoms with Crippen molar-refractivity contribution in [2.75, 3.05) is 20.4 Å². The van der Waals surface area contributed by atoms with E-state index in [4.69, 9.17) is 19.2 Å². The molecule has 1 aromatic heterocycles. The molecule has 0 N–H and O–H groups in total. The summed E-state index contributed by atoms with van der Waals surface area (Å²) in [5, 5.41) is 0. The molecule has 204 valence electrons. The lowest BCUT2D eigenvalue weighted by Gasteiger charge is -2.24. The highest BCUT2D eigenvalue weighted by molar-refractivity contribution is 5.73. The topological polar surface area (TPSA) is 48.8 Å². The van der Waals surface area contributed by atoms with E-state index in [9.17, 15) is 0 Å². The van der Waals surface area contributed by atoms with Gasteiger partial charge in [-0.15, -0.1) is 0 Å². The highest BCUT2D eigenvalue weighted by atomic mass is 16.7. The van der Waals surface area contributed by atoms with Crippen LogP contribution in [0.2, 0.25) is 0 Å². The fourth-order valence-electron chi connectivity index (χ4n) is 5.17. The molecular formula is C33H39N3O3. The third-order valence-corrected chi connectivity index (χ3v) is 7.25. The van der Waals surface area contributed by atoms with Crippen LogP contribution >= 0.6 is 0 Å². The van der Waals surface area contributed by atoms with Crippen LogP contribution in [-0.4, -0.2) is 34.9 Å². The normalized spacial score (nSPS) is 12.3. The van der Waals surface area contributed by atoms with E-state index in [-0.39, 0.29) is 0 Å². The lowest BCUT2D eigenvalue weighted by Crippen LogP contribution is -2.26. The van der Waals surface area contributed by atoms with E-state index < -0.39 is 0 Å². The van der Waals surface area contributed by atoms with Gasteiger partial charge in [0, 0.05) is 30.8 Å². The molecule has 0 radical (unpaired) electrons. The van der Waals surface area contributed by atoms with Crippen molar-refractivity contribution in [1.82, 2.24) is 14.5 Å². The van der Waals surface area contributed by atoms with E-state index in [1.807, 2.05) is 18.2 Å². The van der Waals surface area contributed by atoms with Crippen LogP contribution in [0.5, 0.6) is 17.2 Å². The van der Waals surface area contributed by atoms with Crippen LogP contribution in [0, 0.1) is 0 Å². The Kier molecular flexibility index (Phi) is 8.84. The predicted molar refractivity (Wildman–Crippen MR) is 156 cm³/mol. The molecular weight excluding hydrogens is 486 g/mol. The maximum Gasteiger partial charge on any atom is 0.231 e. The number of ether oxygens (including phenoxy) is 3. The molecule has 0 aliphatic carbocycles. The molecule has 0 fully saturated rings. The van der Waals surface area contributed by atoms with Gasteiger partial charge in [0.05, 0.1) is 18.5 Å². The Hall–Kier alpha value is -3.77. The van der Waals surface area contributed by atoms with Gasteiger partial charge in [-0.1, -0.05) is 75.2 Å². The number of unbranched alkanes of at least 4 members (excludes halogenated alkanes) is 2. The van der Waals surface area contributed by atoms with Gasteiger partial charge in [-0.3, -0.25) is 4.90 Å². The molecule has 6 nitrogen and oxygen atoms in total. The van der Waals surface area contributed by atoms with E-state index in [1.165, 1.54) is 11.3 Å². The van der Waals surface area contributed by atoms with Crippen molar-refractivity contribution >= 4 is 0 Å². The van der Waals surface area contributed by atoms with Crippen molar-refractivity contribution in [2.45, 2.75) is 59.2 Å². The molecule has 0 amide bonds. The summed E-state index contributed by atoms with van der Waals surface area (Å²) in [5.74, 6) is 3.51. The second-order valence-corrected chi connectivity index (χ2v) is 10.1. The molecule has 0 saturated heterocycles. The summed E-state index contributed by atoms with van der Waals surface area (Å²) in [4.78, 5) is 7.86. The van der Waals surface area contributed by atoms with Gasteiger partial charge in [-0.2, -0.15) is 0 Å². The Morgan fingerprint density at radius 1 is 0.872 bits per heavy atom. The average Bonchev–Trinajstić information content (AvgIpc) is 3.59. The number of benzene rings is 3. The highest BCUT2D eigenvalue weighted by Crippen LogP contribution is 2.37. The number of hydrogen-bond acceptors (Lipinski definition) is 5. The number of aromatic nitrogens is 2. The summed E-state index contributed by atoms with van der Waals surface area (Å²) in [6.45, 7) is 8.30. The first kappa shape index (κ1) is 26.8. The SMILES string of the molecule is CCCCN(Cc1ccc2c(c1)OCO2)Cc1c(-c2ccccc2OC)nc(-c2ccccc2)n1CCCC. The second kappa shape index (κ2) is 12.9. The molecule has 2 heterocycles. The zero-order valence-electron chi connectivity index (χ0n) is 23.4. The third-order valence-electron chi connectivity index (χ3n) is 7.25. The fourth-order valence-corrected chi connectivity index (χ4v) is 5.17. The Bertz CT molecular complexity index is 1370. The maximum atomic E-state index is 5.81. The summed E-state index contributed by atoms with van der Waals surface area (Å²) < 4.78 is 19.5.